The highest BCUT2D eigenvalue weighted by Gasteiger charge is 2.21. The maximum absolute atomic E-state index is 12.4. The summed E-state index contributed by atoms with van der Waals surface area (Å²) in [5.41, 5.74) is 1.97. The second-order valence-corrected chi connectivity index (χ2v) is 8.13. The Hall–Kier alpha value is -1.21. The molecule has 2 rings (SSSR count). The minimum atomic E-state index is -3.57. The molecule has 0 unspecified atom stereocenters. The fraction of sp³-hybridized carbons (Fsp3) is 0.250. The summed E-state index contributed by atoms with van der Waals surface area (Å²) in [6.45, 7) is 1.62. The first-order valence-corrected chi connectivity index (χ1v) is 9.04. The van der Waals surface area contributed by atoms with Gasteiger partial charge in [0.15, 0.2) is 0 Å². The van der Waals surface area contributed by atoms with Crippen molar-refractivity contribution in [3.63, 3.8) is 0 Å². The van der Waals surface area contributed by atoms with Crippen LogP contribution in [0.25, 0.3) is 11.1 Å². The number of hydrogen-bond acceptors (Lipinski definition) is 3. The fourth-order valence-corrected chi connectivity index (χ4v) is 3.63. The highest BCUT2D eigenvalue weighted by atomic mass is 79.9. The van der Waals surface area contributed by atoms with E-state index in [1.54, 1.807) is 31.2 Å². The molecule has 118 valence electrons. The number of likely N-dealkylation sites (N-methyl/N-ethyl adjacent to an activating group) is 1. The smallest absolute Gasteiger partial charge is 0.242 e. The Kier molecular flexibility index (Phi) is 5.39. The van der Waals surface area contributed by atoms with Crippen molar-refractivity contribution >= 4 is 26.0 Å². The van der Waals surface area contributed by atoms with Crippen LogP contribution in [0.4, 0.5) is 0 Å². The van der Waals surface area contributed by atoms with Crippen molar-refractivity contribution < 1.29 is 13.5 Å². The van der Waals surface area contributed by atoms with Crippen LogP contribution >= 0.6 is 15.9 Å². The van der Waals surface area contributed by atoms with E-state index in [9.17, 15) is 13.5 Å². The second-order valence-electron chi connectivity index (χ2n) is 5.17. The number of nitrogens with zero attached hydrogens (tertiary/aromatic N) is 1. The van der Waals surface area contributed by atoms with Crippen LogP contribution in [0, 0.1) is 0 Å². The molecule has 0 spiro atoms. The standard InChI is InChI=1S/C16H18BrNO3S/c1-12(19)11-18(2)22(20,21)16-9-5-14(6-10-16)13-3-7-15(17)8-4-13/h3-10,12,19H,11H2,1-2H3/t12-/m1/s1. The zero-order chi connectivity index (χ0) is 16.3. The third-order valence-corrected chi connectivity index (χ3v) is 5.63. The largest absolute Gasteiger partial charge is 0.392 e. The fourth-order valence-electron chi connectivity index (χ4n) is 2.11. The van der Waals surface area contributed by atoms with E-state index in [2.05, 4.69) is 15.9 Å². The monoisotopic (exact) mass is 383 g/mol. The zero-order valence-corrected chi connectivity index (χ0v) is 14.8. The normalized spacial score (nSPS) is 13.3. The van der Waals surface area contributed by atoms with E-state index in [4.69, 9.17) is 0 Å². The SMILES string of the molecule is C[C@@H](O)CN(C)S(=O)(=O)c1ccc(-c2ccc(Br)cc2)cc1. The molecule has 0 radical (unpaired) electrons. The Morgan fingerprint density at radius 3 is 1.95 bits per heavy atom. The zero-order valence-electron chi connectivity index (χ0n) is 12.4. The van der Waals surface area contributed by atoms with Gasteiger partial charge in [-0.05, 0) is 42.3 Å². The number of benzene rings is 2. The van der Waals surface area contributed by atoms with Gasteiger partial charge >= 0.3 is 0 Å². The molecule has 2 aromatic rings. The van der Waals surface area contributed by atoms with Crippen molar-refractivity contribution in [2.75, 3.05) is 13.6 Å². The quantitative estimate of drug-likeness (QED) is 0.862. The number of hydrogen-bond donors (Lipinski definition) is 1. The van der Waals surface area contributed by atoms with E-state index in [0.717, 1.165) is 19.9 Å². The van der Waals surface area contributed by atoms with Crippen molar-refractivity contribution in [3.05, 3.63) is 53.0 Å². The van der Waals surface area contributed by atoms with Crippen molar-refractivity contribution in [3.8, 4) is 11.1 Å². The van der Waals surface area contributed by atoms with Gasteiger partial charge in [-0.25, -0.2) is 8.42 Å². The molecule has 0 aliphatic rings. The number of aliphatic hydroxyl groups excluding tert-OH is 1. The molecule has 4 nitrogen and oxygen atoms in total. The summed E-state index contributed by atoms with van der Waals surface area (Å²) < 4.78 is 26.9. The lowest BCUT2D eigenvalue weighted by Gasteiger charge is -2.18. The van der Waals surface area contributed by atoms with E-state index in [1.165, 1.54) is 7.05 Å². The van der Waals surface area contributed by atoms with Crippen molar-refractivity contribution in [2.45, 2.75) is 17.9 Å². The molecular formula is C16H18BrNO3S. The number of aliphatic hydroxyl groups is 1. The number of sulfonamides is 1. The highest BCUT2D eigenvalue weighted by molar-refractivity contribution is 9.10. The minimum Gasteiger partial charge on any atom is -0.392 e. The van der Waals surface area contributed by atoms with Crippen LogP contribution < -0.4 is 0 Å². The molecule has 0 saturated heterocycles. The predicted octanol–water partition coefficient (Wildman–Crippen LogP) is 3.12. The van der Waals surface area contributed by atoms with E-state index < -0.39 is 16.1 Å². The van der Waals surface area contributed by atoms with E-state index in [0.29, 0.717) is 0 Å². The third-order valence-electron chi connectivity index (χ3n) is 3.26. The molecule has 0 bridgehead atoms. The summed E-state index contributed by atoms with van der Waals surface area (Å²) >= 11 is 3.39. The maximum Gasteiger partial charge on any atom is 0.242 e. The number of rotatable bonds is 5. The predicted molar refractivity (Wildman–Crippen MR) is 91.1 cm³/mol. The Morgan fingerprint density at radius 1 is 1.05 bits per heavy atom. The van der Waals surface area contributed by atoms with Crippen LogP contribution in [-0.2, 0) is 10.0 Å². The Labute approximate surface area is 139 Å². The van der Waals surface area contributed by atoms with Gasteiger partial charge in [-0.2, -0.15) is 4.31 Å². The van der Waals surface area contributed by atoms with Gasteiger partial charge in [0.25, 0.3) is 0 Å². The topological polar surface area (TPSA) is 57.6 Å². The Morgan fingerprint density at radius 2 is 1.50 bits per heavy atom. The molecule has 0 amide bonds. The minimum absolute atomic E-state index is 0.0663. The highest BCUT2D eigenvalue weighted by Crippen LogP contribution is 2.24. The lowest BCUT2D eigenvalue weighted by atomic mass is 10.1. The summed E-state index contributed by atoms with van der Waals surface area (Å²) in [6, 6.07) is 14.6. The summed E-state index contributed by atoms with van der Waals surface area (Å²) in [6.07, 6.45) is -0.707. The van der Waals surface area contributed by atoms with Crippen molar-refractivity contribution in [2.24, 2.45) is 0 Å². The lowest BCUT2D eigenvalue weighted by molar-refractivity contribution is 0.171. The summed E-state index contributed by atoms with van der Waals surface area (Å²) in [4.78, 5) is 0.219. The Bertz CT molecular complexity index is 725. The molecule has 0 aromatic heterocycles. The summed E-state index contributed by atoms with van der Waals surface area (Å²) in [5.74, 6) is 0. The van der Waals surface area contributed by atoms with Gasteiger partial charge in [-0.1, -0.05) is 40.2 Å². The van der Waals surface area contributed by atoms with Crippen molar-refractivity contribution in [1.29, 1.82) is 0 Å². The molecule has 22 heavy (non-hydrogen) atoms. The molecule has 0 fully saturated rings. The molecule has 1 atom stereocenters. The molecule has 0 aliphatic carbocycles. The first-order valence-electron chi connectivity index (χ1n) is 6.81. The second kappa shape index (κ2) is 6.91. The van der Waals surface area contributed by atoms with E-state index in [1.807, 2.05) is 24.3 Å². The van der Waals surface area contributed by atoms with Gasteiger partial charge in [-0.3, -0.25) is 0 Å². The van der Waals surface area contributed by atoms with E-state index >= 15 is 0 Å². The maximum atomic E-state index is 12.4. The van der Waals surface area contributed by atoms with Gasteiger partial charge in [0.2, 0.25) is 10.0 Å². The van der Waals surface area contributed by atoms with Gasteiger partial charge < -0.3 is 5.11 Å². The average molecular weight is 384 g/mol. The third kappa shape index (κ3) is 3.95. The molecule has 0 saturated carbocycles. The molecule has 2 aromatic carbocycles. The van der Waals surface area contributed by atoms with Crippen LogP contribution in [-0.4, -0.2) is 37.5 Å². The van der Waals surface area contributed by atoms with Gasteiger partial charge in [0.05, 0.1) is 11.0 Å². The molecular weight excluding hydrogens is 366 g/mol. The summed E-state index contributed by atoms with van der Waals surface area (Å²) in [5, 5.41) is 9.34. The van der Waals surface area contributed by atoms with Crippen LogP contribution in [0.5, 0.6) is 0 Å². The van der Waals surface area contributed by atoms with Crippen LogP contribution in [0.1, 0.15) is 6.92 Å². The van der Waals surface area contributed by atoms with Crippen LogP contribution in [0.3, 0.4) is 0 Å². The number of halogens is 1. The summed E-state index contributed by atoms with van der Waals surface area (Å²) in [7, 11) is -2.11. The van der Waals surface area contributed by atoms with Crippen molar-refractivity contribution in [1.82, 2.24) is 4.31 Å². The lowest BCUT2D eigenvalue weighted by Crippen LogP contribution is -2.33. The first-order chi connectivity index (χ1) is 10.3. The first kappa shape index (κ1) is 17.1. The molecule has 0 aliphatic heterocycles. The molecule has 0 heterocycles. The molecule has 6 heteroatoms. The van der Waals surface area contributed by atoms with E-state index in [-0.39, 0.29) is 11.4 Å². The Balaban J connectivity index is 2.26. The van der Waals surface area contributed by atoms with Gasteiger partial charge in [-0.15, -0.1) is 0 Å². The van der Waals surface area contributed by atoms with Crippen LogP contribution in [0.2, 0.25) is 0 Å². The van der Waals surface area contributed by atoms with Gasteiger partial charge in [0.1, 0.15) is 0 Å². The molecule has 1 N–H and O–H groups in total. The van der Waals surface area contributed by atoms with Crippen LogP contribution in [0.15, 0.2) is 57.9 Å². The van der Waals surface area contributed by atoms with Gasteiger partial charge in [0, 0.05) is 18.1 Å². The average Bonchev–Trinajstić information content (AvgIpc) is 2.47.